The minimum atomic E-state index is -0.231. The molecule has 0 bridgehead atoms. The Morgan fingerprint density at radius 1 is 1.21 bits per heavy atom. The van der Waals surface area contributed by atoms with Crippen molar-refractivity contribution in [3.8, 4) is 0 Å². The summed E-state index contributed by atoms with van der Waals surface area (Å²) < 4.78 is 15.3. The highest BCUT2D eigenvalue weighted by atomic mass is 19.1. The monoisotopic (exact) mass is 260 g/mol. The van der Waals surface area contributed by atoms with Crippen LogP contribution in [0.4, 0.5) is 10.1 Å². The van der Waals surface area contributed by atoms with Gasteiger partial charge in [0.15, 0.2) is 5.82 Å². The van der Waals surface area contributed by atoms with Gasteiger partial charge in [-0.05, 0) is 31.0 Å². The minimum Gasteiger partial charge on any atom is -0.378 e. The molecule has 0 unspecified atom stereocenters. The molecule has 1 aromatic heterocycles. The van der Waals surface area contributed by atoms with Crippen molar-refractivity contribution in [3.05, 3.63) is 41.7 Å². The van der Waals surface area contributed by atoms with Crippen LogP contribution in [0.5, 0.6) is 0 Å². The normalized spacial score (nSPS) is 14.8. The number of hydrogen-bond donors (Lipinski definition) is 1. The molecule has 19 heavy (non-hydrogen) atoms. The second-order valence-electron chi connectivity index (χ2n) is 4.86. The van der Waals surface area contributed by atoms with Gasteiger partial charge in [-0.2, -0.15) is 0 Å². The van der Waals surface area contributed by atoms with Gasteiger partial charge in [-0.1, -0.05) is 12.5 Å². The van der Waals surface area contributed by atoms with Crippen molar-refractivity contribution < 1.29 is 4.39 Å². The number of aryl methyl sites for hydroxylation is 1. The molecule has 0 aliphatic carbocycles. The van der Waals surface area contributed by atoms with Gasteiger partial charge < -0.3 is 9.88 Å². The standard InChI is InChI=1S/C14H17FN4/c15-11-5-4-6-12(9-11)16-10-14-18-17-13-7-2-1-3-8-19(13)14/h4-6,9,16H,1-3,7-8,10H2. The van der Waals surface area contributed by atoms with E-state index < -0.39 is 0 Å². The van der Waals surface area contributed by atoms with Gasteiger partial charge in [-0.25, -0.2) is 4.39 Å². The van der Waals surface area contributed by atoms with Gasteiger partial charge in [0, 0.05) is 18.7 Å². The lowest BCUT2D eigenvalue weighted by atomic mass is 10.2. The lowest BCUT2D eigenvalue weighted by molar-refractivity contribution is 0.609. The first kappa shape index (κ1) is 12.1. The molecule has 0 saturated carbocycles. The topological polar surface area (TPSA) is 42.7 Å². The summed E-state index contributed by atoms with van der Waals surface area (Å²) >= 11 is 0. The van der Waals surface area contributed by atoms with E-state index >= 15 is 0 Å². The highest BCUT2D eigenvalue weighted by Crippen LogP contribution is 2.16. The summed E-state index contributed by atoms with van der Waals surface area (Å²) in [6.07, 6.45) is 4.63. The van der Waals surface area contributed by atoms with E-state index in [1.807, 2.05) is 6.07 Å². The number of fused-ring (bicyclic) bond motifs is 1. The Bertz CT molecular complexity index is 564. The number of nitrogens with one attached hydrogen (secondary N) is 1. The van der Waals surface area contributed by atoms with Crippen molar-refractivity contribution in [1.29, 1.82) is 0 Å². The molecular weight excluding hydrogens is 243 g/mol. The van der Waals surface area contributed by atoms with Gasteiger partial charge in [0.05, 0.1) is 6.54 Å². The third-order valence-corrected chi connectivity index (χ3v) is 3.46. The van der Waals surface area contributed by atoms with E-state index in [1.165, 1.54) is 31.4 Å². The summed E-state index contributed by atoms with van der Waals surface area (Å²) in [6.45, 7) is 1.57. The first-order valence-corrected chi connectivity index (χ1v) is 6.73. The Morgan fingerprint density at radius 3 is 3.05 bits per heavy atom. The van der Waals surface area contributed by atoms with Gasteiger partial charge in [-0.3, -0.25) is 0 Å². The number of rotatable bonds is 3. The maximum Gasteiger partial charge on any atom is 0.152 e. The fraction of sp³-hybridized carbons (Fsp3) is 0.429. The van der Waals surface area contributed by atoms with E-state index in [-0.39, 0.29) is 5.82 Å². The average molecular weight is 260 g/mol. The number of anilines is 1. The second kappa shape index (κ2) is 5.38. The molecule has 100 valence electrons. The zero-order valence-electron chi connectivity index (χ0n) is 10.8. The van der Waals surface area contributed by atoms with Gasteiger partial charge in [-0.15, -0.1) is 10.2 Å². The smallest absolute Gasteiger partial charge is 0.152 e. The van der Waals surface area contributed by atoms with Crippen LogP contribution in [0.3, 0.4) is 0 Å². The Labute approximate surface area is 111 Å². The molecular formula is C14H17FN4. The van der Waals surface area contributed by atoms with E-state index in [9.17, 15) is 4.39 Å². The van der Waals surface area contributed by atoms with Gasteiger partial charge in [0.25, 0.3) is 0 Å². The molecule has 5 heteroatoms. The molecule has 0 atom stereocenters. The van der Waals surface area contributed by atoms with E-state index in [2.05, 4.69) is 20.1 Å². The maximum absolute atomic E-state index is 13.1. The van der Waals surface area contributed by atoms with Crippen molar-refractivity contribution in [3.63, 3.8) is 0 Å². The van der Waals surface area contributed by atoms with Crippen LogP contribution in [0.15, 0.2) is 24.3 Å². The van der Waals surface area contributed by atoms with Crippen LogP contribution in [0.25, 0.3) is 0 Å². The van der Waals surface area contributed by atoms with Crippen molar-refractivity contribution in [2.75, 3.05) is 5.32 Å². The molecule has 0 saturated heterocycles. The quantitative estimate of drug-likeness (QED) is 0.922. The van der Waals surface area contributed by atoms with E-state index in [4.69, 9.17) is 0 Å². The highest BCUT2D eigenvalue weighted by Gasteiger charge is 2.14. The van der Waals surface area contributed by atoms with Gasteiger partial charge >= 0.3 is 0 Å². The Balaban J connectivity index is 1.72. The van der Waals surface area contributed by atoms with Crippen molar-refractivity contribution in [1.82, 2.24) is 14.8 Å². The second-order valence-corrected chi connectivity index (χ2v) is 4.86. The summed E-state index contributed by atoms with van der Waals surface area (Å²) in [4.78, 5) is 0. The van der Waals surface area contributed by atoms with E-state index in [0.29, 0.717) is 6.54 Å². The van der Waals surface area contributed by atoms with Crippen LogP contribution in [0, 0.1) is 5.82 Å². The zero-order valence-corrected chi connectivity index (χ0v) is 10.8. The van der Waals surface area contributed by atoms with Crippen LogP contribution in [-0.4, -0.2) is 14.8 Å². The predicted octanol–water partition coefficient (Wildman–Crippen LogP) is 2.76. The summed E-state index contributed by atoms with van der Waals surface area (Å²) in [5.74, 6) is 1.78. The van der Waals surface area contributed by atoms with Crippen LogP contribution < -0.4 is 5.32 Å². The molecule has 1 aliphatic rings. The lowest BCUT2D eigenvalue weighted by Crippen LogP contribution is -2.10. The molecule has 0 fully saturated rings. The first-order valence-electron chi connectivity index (χ1n) is 6.73. The molecule has 1 aromatic carbocycles. The third kappa shape index (κ3) is 2.75. The van der Waals surface area contributed by atoms with E-state index in [1.54, 1.807) is 6.07 Å². The largest absolute Gasteiger partial charge is 0.378 e. The van der Waals surface area contributed by atoms with Crippen molar-refractivity contribution in [2.45, 2.75) is 38.8 Å². The summed E-state index contributed by atoms with van der Waals surface area (Å²) in [5, 5.41) is 11.7. The predicted molar refractivity (Wildman–Crippen MR) is 71.3 cm³/mol. The lowest BCUT2D eigenvalue weighted by Gasteiger charge is -2.09. The molecule has 2 aromatic rings. The SMILES string of the molecule is Fc1cccc(NCc2nnc3n2CCCCC3)c1. The summed E-state index contributed by atoms with van der Waals surface area (Å²) in [5.41, 5.74) is 0.769. The Kier molecular flexibility index (Phi) is 3.44. The fourth-order valence-electron chi connectivity index (χ4n) is 2.46. The minimum absolute atomic E-state index is 0.231. The summed E-state index contributed by atoms with van der Waals surface area (Å²) in [6, 6.07) is 6.47. The molecule has 2 heterocycles. The number of benzene rings is 1. The zero-order chi connectivity index (χ0) is 13.1. The van der Waals surface area contributed by atoms with Crippen LogP contribution in [0.2, 0.25) is 0 Å². The Hall–Kier alpha value is -1.91. The molecule has 0 radical (unpaired) electrons. The maximum atomic E-state index is 13.1. The molecule has 1 aliphatic heterocycles. The highest BCUT2D eigenvalue weighted by molar-refractivity contribution is 5.43. The van der Waals surface area contributed by atoms with Crippen LogP contribution in [0.1, 0.15) is 30.9 Å². The van der Waals surface area contributed by atoms with Crippen molar-refractivity contribution >= 4 is 5.69 Å². The molecule has 0 spiro atoms. The molecule has 4 nitrogen and oxygen atoms in total. The number of hydrogen-bond acceptors (Lipinski definition) is 3. The van der Waals surface area contributed by atoms with Crippen LogP contribution in [-0.2, 0) is 19.5 Å². The fourth-order valence-corrected chi connectivity index (χ4v) is 2.46. The molecule has 0 amide bonds. The number of aromatic nitrogens is 3. The number of halogens is 1. The first-order chi connectivity index (χ1) is 9.33. The molecule has 1 N–H and O–H groups in total. The van der Waals surface area contributed by atoms with Crippen molar-refractivity contribution in [2.24, 2.45) is 0 Å². The Morgan fingerprint density at radius 2 is 2.16 bits per heavy atom. The van der Waals surface area contributed by atoms with Gasteiger partial charge in [0.1, 0.15) is 11.6 Å². The van der Waals surface area contributed by atoms with E-state index in [0.717, 1.165) is 30.3 Å². The molecule has 3 rings (SSSR count). The summed E-state index contributed by atoms with van der Waals surface area (Å²) in [7, 11) is 0. The number of nitrogens with zero attached hydrogens (tertiary/aromatic N) is 3. The van der Waals surface area contributed by atoms with Gasteiger partial charge in [0.2, 0.25) is 0 Å². The van der Waals surface area contributed by atoms with Crippen LogP contribution >= 0.6 is 0 Å². The average Bonchev–Trinajstić information content (AvgIpc) is 2.64. The third-order valence-electron chi connectivity index (χ3n) is 3.46.